The lowest BCUT2D eigenvalue weighted by Crippen LogP contribution is -2.28. The first-order valence-corrected chi connectivity index (χ1v) is 13.3. The van der Waals surface area contributed by atoms with Gasteiger partial charge in [-0.3, -0.25) is 0 Å². The number of hydrogen-bond donors (Lipinski definition) is 1. The van der Waals surface area contributed by atoms with Gasteiger partial charge in [0, 0.05) is 19.6 Å². The van der Waals surface area contributed by atoms with E-state index in [0.717, 1.165) is 18.4 Å². The van der Waals surface area contributed by atoms with Crippen LogP contribution in [0, 0.1) is 0 Å². The van der Waals surface area contributed by atoms with E-state index in [1.807, 2.05) is 0 Å². The van der Waals surface area contributed by atoms with Crippen molar-refractivity contribution in [1.82, 2.24) is 9.03 Å². The molecule has 2 aliphatic rings. The Kier molecular flexibility index (Phi) is 6.45. The van der Waals surface area contributed by atoms with Gasteiger partial charge in [0.2, 0.25) is 20.0 Å². The van der Waals surface area contributed by atoms with Gasteiger partial charge in [0.15, 0.2) is 11.5 Å². The molecule has 2 aliphatic heterocycles. The van der Waals surface area contributed by atoms with Gasteiger partial charge in [-0.05, 0) is 61.2 Å². The van der Waals surface area contributed by atoms with Gasteiger partial charge < -0.3 is 9.47 Å². The van der Waals surface area contributed by atoms with Crippen LogP contribution in [0.1, 0.15) is 18.4 Å². The molecule has 0 amide bonds. The highest BCUT2D eigenvalue weighted by molar-refractivity contribution is 7.89. The Morgan fingerprint density at radius 3 is 2.29 bits per heavy atom. The molecular weight excluding hydrogens is 464 g/mol. The molecule has 0 spiro atoms. The van der Waals surface area contributed by atoms with Gasteiger partial charge in [-0.15, -0.1) is 0 Å². The fraction of sp³-hybridized carbons (Fsp3) is 0.400. The second-order valence-electron chi connectivity index (χ2n) is 7.33. The maximum Gasteiger partial charge on any atom is 0.243 e. The van der Waals surface area contributed by atoms with Crippen LogP contribution in [0.5, 0.6) is 11.5 Å². The van der Waals surface area contributed by atoms with E-state index in [2.05, 4.69) is 4.72 Å². The molecule has 0 saturated carbocycles. The van der Waals surface area contributed by atoms with Crippen LogP contribution in [0.2, 0.25) is 5.02 Å². The lowest BCUT2D eigenvalue weighted by Gasteiger charge is -2.20. The zero-order chi connectivity index (χ0) is 22.1. The van der Waals surface area contributed by atoms with Crippen LogP contribution in [0.3, 0.4) is 0 Å². The van der Waals surface area contributed by atoms with Crippen molar-refractivity contribution in [3.63, 3.8) is 0 Å². The molecule has 168 valence electrons. The SMILES string of the molecule is O=S(=O)(NCCc1cc(Cl)c2c(c1)OCCO2)c1ccc(S(=O)(=O)N2CCCC2)cc1. The number of nitrogens with zero attached hydrogens (tertiary/aromatic N) is 1. The third kappa shape index (κ3) is 4.83. The molecule has 0 aliphatic carbocycles. The molecule has 1 saturated heterocycles. The largest absolute Gasteiger partial charge is 0.486 e. The average Bonchev–Trinajstić information content (AvgIpc) is 3.30. The van der Waals surface area contributed by atoms with Gasteiger partial charge in [0.25, 0.3) is 0 Å². The maximum absolute atomic E-state index is 12.6. The van der Waals surface area contributed by atoms with Crippen LogP contribution in [0.25, 0.3) is 0 Å². The molecule has 8 nitrogen and oxygen atoms in total. The standard InChI is InChI=1S/C20H23ClN2O6S2/c21-18-13-15(14-19-20(18)29-12-11-28-19)7-8-22-30(24,25)16-3-5-17(6-4-16)31(26,27)23-9-1-2-10-23/h3-6,13-14,22H,1-2,7-12H2. The summed E-state index contributed by atoms with van der Waals surface area (Å²) in [5.74, 6) is 1.05. The van der Waals surface area contributed by atoms with Crippen molar-refractivity contribution in [3.05, 3.63) is 47.0 Å². The number of sulfonamides is 2. The molecule has 0 aromatic heterocycles. The summed E-state index contributed by atoms with van der Waals surface area (Å²) in [7, 11) is -7.37. The van der Waals surface area contributed by atoms with E-state index in [-0.39, 0.29) is 16.3 Å². The summed E-state index contributed by atoms with van der Waals surface area (Å²) < 4.78 is 65.3. The Bertz CT molecular complexity index is 1160. The van der Waals surface area contributed by atoms with Crippen molar-refractivity contribution in [1.29, 1.82) is 0 Å². The normalized spacial score (nSPS) is 17.1. The lowest BCUT2D eigenvalue weighted by atomic mass is 10.1. The van der Waals surface area contributed by atoms with Crippen LogP contribution in [-0.4, -0.2) is 54.0 Å². The van der Waals surface area contributed by atoms with E-state index < -0.39 is 20.0 Å². The summed E-state index contributed by atoms with van der Waals surface area (Å²) in [6.07, 6.45) is 2.07. The zero-order valence-electron chi connectivity index (χ0n) is 16.7. The molecule has 0 bridgehead atoms. The maximum atomic E-state index is 12.6. The summed E-state index contributed by atoms with van der Waals surface area (Å²) in [5.41, 5.74) is 0.809. The monoisotopic (exact) mass is 486 g/mol. The molecule has 2 aromatic rings. The Morgan fingerprint density at radius 2 is 1.58 bits per heavy atom. The minimum atomic E-state index is -3.79. The summed E-state index contributed by atoms with van der Waals surface area (Å²) in [5, 5.41) is 0.421. The molecule has 1 fully saturated rings. The smallest absolute Gasteiger partial charge is 0.243 e. The van der Waals surface area contributed by atoms with Gasteiger partial charge in [-0.2, -0.15) is 4.31 Å². The number of halogens is 1. The molecule has 0 unspecified atom stereocenters. The number of fused-ring (bicyclic) bond motifs is 1. The van der Waals surface area contributed by atoms with E-state index in [0.29, 0.717) is 49.2 Å². The second kappa shape index (κ2) is 8.95. The molecule has 1 N–H and O–H groups in total. The highest BCUT2D eigenvalue weighted by Crippen LogP contribution is 2.38. The summed E-state index contributed by atoms with van der Waals surface area (Å²) in [6.45, 7) is 2.00. The average molecular weight is 487 g/mol. The summed E-state index contributed by atoms with van der Waals surface area (Å²) >= 11 is 6.21. The fourth-order valence-corrected chi connectivity index (χ4v) is 6.43. The van der Waals surface area contributed by atoms with Crippen molar-refractivity contribution in [2.45, 2.75) is 29.1 Å². The molecule has 31 heavy (non-hydrogen) atoms. The predicted octanol–water partition coefficient (Wildman–Crippen LogP) is 2.42. The van der Waals surface area contributed by atoms with Crippen molar-refractivity contribution >= 4 is 31.6 Å². The minimum Gasteiger partial charge on any atom is -0.486 e. The number of nitrogens with one attached hydrogen (secondary N) is 1. The Balaban J connectivity index is 1.41. The molecule has 11 heteroatoms. The van der Waals surface area contributed by atoms with Gasteiger partial charge in [0.1, 0.15) is 13.2 Å². The second-order valence-corrected chi connectivity index (χ2v) is 11.4. The Morgan fingerprint density at radius 1 is 0.935 bits per heavy atom. The molecule has 4 rings (SSSR count). The van der Waals surface area contributed by atoms with Crippen LogP contribution in [-0.2, 0) is 26.5 Å². The first kappa shape index (κ1) is 22.3. The molecule has 2 aromatic carbocycles. The van der Waals surface area contributed by atoms with E-state index >= 15 is 0 Å². The van der Waals surface area contributed by atoms with E-state index in [9.17, 15) is 16.8 Å². The van der Waals surface area contributed by atoms with E-state index in [1.165, 1.54) is 28.6 Å². The van der Waals surface area contributed by atoms with Crippen molar-refractivity contribution in [3.8, 4) is 11.5 Å². The first-order chi connectivity index (χ1) is 14.8. The third-order valence-corrected chi connectivity index (χ3v) is 8.87. The van der Waals surface area contributed by atoms with Gasteiger partial charge in [-0.1, -0.05) is 11.6 Å². The van der Waals surface area contributed by atoms with Gasteiger partial charge >= 0.3 is 0 Å². The molecule has 0 atom stereocenters. The minimum absolute atomic E-state index is 0.00748. The van der Waals surface area contributed by atoms with E-state index in [1.54, 1.807) is 12.1 Å². The quantitative estimate of drug-likeness (QED) is 0.644. The van der Waals surface area contributed by atoms with E-state index in [4.69, 9.17) is 21.1 Å². The topological polar surface area (TPSA) is 102 Å². The van der Waals surface area contributed by atoms with Crippen molar-refractivity contribution < 1.29 is 26.3 Å². The fourth-order valence-electron chi connectivity index (χ4n) is 3.59. The predicted molar refractivity (Wildman–Crippen MR) is 116 cm³/mol. The summed E-state index contributed by atoms with van der Waals surface area (Å²) in [4.78, 5) is 0.104. The Labute approximate surface area is 187 Å². The van der Waals surface area contributed by atoms with Gasteiger partial charge in [-0.25, -0.2) is 21.6 Å². The van der Waals surface area contributed by atoms with Crippen LogP contribution >= 0.6 is 11.6 Å². The third-order valence-electron chi connectivity index (χ3n) is 5.20. The lowest BCUT2D eigenvalue weighted by molar-refractivity contribution is 0.171. The molecule has 0 radical (unpaired) electrons. The number of hydrogen-bond acceptors (Lipinski definition) is 6. The van der Waals surface area contributed by atoms with Crippen LogP contribution < -0.4 is 14.2 Å². The number of rotatable bonds is 7. The number of benzene rings is 2. The Hall–Kier alpha value is -1.85. The molecular formula is C20H23ClN2O6S2. The first-order valence-electron chi connectivity index (χ1n) is 9.95. The van der Waals surface area contributed by atoms with Crippen LogP contribution in [0.15, 0.2) is 46.2 Å². The van der Waals surface area contributed by atoms with Crippen molar-refractivity contribution in [2.24, 2.45) is 0 Å². The van der Waals surface area contributed by atoms with Crippen molar-refractivity contribution in [2.75, 3.05) is 32.8 Å². The zero-order valence-corrected chi connectivity index (χ0v) is 19.1. The van der Waals surface area contributed by atoms with Crippen LogP contribution in [0.4, 0.5) is 0 Å². The highest BCUT2D eigenvalue weighted by atomic mass is 35.5. The van der Waals surface area contributed by atoms with Gasteiger partial charge in [0.05, 0.1) is 14.8 Å². The summed E-state index contributed by atoms with van der Waals surface area (Å²) in [6, 6.07) is 8.80. The number of ether oxygens (including phenoxy) is 2. The molecule has 2 heterocycles. The highest BCUT2D eigenvalue weighted by Gasteiger charge is 2.27.